The first-order valence-electron chi connectivity index (χ1n) is 10.6. The molecule has 9 heteroatoms. The van der Waals surface area contributed by atoms with Gasteiger partial charge in [0.15, 0.2) is 0 Å². The number of hydrogen-bond acceptors (Lipinski definition) is 4. The number of aromatic amines is 1. The number of nitrogens with one attached hydrogen (secondary N) is 2. The van der Waals surface area contributed by atoms with E-state index >= 15 is 0 Å². The first-order valence-corrected chi connectivity index (χ1v) is 10.6. The van der Waals surface area contributed by atoms with Crippen molar-refractivity contribution in [1.82, 2.24) is 15.2 Å². The fourth-order valence-corrected chi connectivity index (χ4v) is 3.86. The van der Waals surface area contributed by atoms with Crippen LogP contribution in [0.2, 0.25) is 0 Å². The monoisotopic (exact) mass is 474 g/mol. The van der Waals surface area contributed by atoms with E-state index in [4.69, 9.17) is 0 Å². The standard InChI is InChI=1S/C26H17F3N4O2/c27-26(28,29)18-7-5-16(6-8-18)24(34)31-19-9-10-20-21(13-19)25(35)33-32-23(20)12-15-11-17-3-1-2-4-22(17)30-14-15/h1-11,13-14H,12H2,(H,31,34)(H,33,35). The summed E-state index contributed by atoms with van der Waals surface area (Å²) in [6.07, 6.45) is -2.29. The molecule has 0 atom stereocenters. The molecule has 5 aromatic rings. The number of aromatic nitrogens is 3. The van der Waals surface area contributed by atoms with Crippen molar-refractivity contribution in [3.8, 4) is 0 Å². The van der Waals surface area contributed by atoms with Gasteiger partial charge in [-0.15, -0.1) is 0 Å². The van der Waals surface area contributed by atoms with Crippen LogP contribution < -0.4 is 10.9 Å². The maximum Gasteiger partial charge on any atom is 0.416 e. The van der Waals surface area contributed by atoms with E-state index in [9.17, 15) is 22.8 Å². The van der Waals surface area contributed by atoms with Crippen LogP contribution in [0.15, 0.2) is 83.8 Å². The predicted molar refractivity (Wildman–Crippen MR) is 126 cm³/mol. The number of hydrogen-bond donors (Lipinski definition) is 2. The topological polar surface area (TPSA) is 87.7 Å². The van der Waals surface area contributed by atoms with Crippen LogP contribution in [0.3, 0.4) is 0 Å². The molecular weight excluding hydrogens is 457 g/mol. The zero-order chi connectivity index (χ0) is 24.6. The molecule has 0 aliphatic carbocycles. The molecule has 0 bridgehead atoms. The molecule has 3 aromatic carbocycles. The van der Waals surface area contributed by atoms with Crippen molar-refractivity contribution in [2.45, 2.75) is 12.6 Å². The largest absolute Gasteiger partial charge is 0.416 e. The Hall–Kier alpha value is -4.53. The molecule has 0 saturated carbocycles. The van der Waals surface area contributed by atoms with Gasteiger partial charge in [-0.3, -0.25) is 14.6 Å². The highest BCUT2D eigenvalue weighted by molar-refractivity contribution is 6.05. The number of alkyl halides is 3. The van der Waals surface area contributed by atoms with E-state index in [2.05, 4.69) is 20.5 Å². The lowest BCUT2D eigenvalue weighted by atomic mass is 10.0. The molecule has 0 radical (unpaired) electrons. The van der Waals surface area contributed by atoms with Gasteiger partial charge in [0.1, 0.15) is 0 Å². The number of halogens is 3. The smallest absolute Gasteiger partial charge is 0.322 e. The van der Waals surface area contributed by atoms with Crippen LogP contribution >= 0.6 is 0 Å². The number of amides is 1. The summed E-state index contributed by atoms with van der Waals surface area (Å²) in [5.41, 5.74) is 1.56. The molecular formula is C26H17F3N4O2. The highest BCUT2D eigenvalue weighted by atomic mass is 19.4. The third-order valence-electron chi connectivity index (χ3n) is 5.62. The predicted octanol–water partition coefficient (Wildman–Crippen LogP) is 5.33. The highest BCUT2D eigenvalue weighted by Crippen LogP contribution is 2.29. The minimum atomic E-state index is -4.48. The van der Waals surface area contributed by atoms with Gasteiger partial charge < -0.3 is 5.32 Å². The maximum atomic E-state index is 12.8. The molecule has 0 fully saturated rings. The van der Waals surface area contributed by atoms with Gasteiger partial charge in [-0.25, -0.2) is 5.10 Å². The molecule has 0 saturated heterocycles. The average molecular weight is 474 g/mol. The highest BCUT2D eigenvalue weighted by Gasteiger charge is 2.30. The second kappa shape index (κ2) is 8.68. The number of carbonyl (C=O) groups excluding carboxylic acids is 1. The summed E-state index contributed by atoms with van der Waals surface area (Å²) >= 11 is 0. The van der Waals surface area contributed by atoms with Crippen LogP contribution in [0.5, 0.6) is 0 Å². The minimum absolute atomic E-state index is 0.0613. The summed E-state index contributed by atoms with van der Waals surface area (Å²) in [5, 5.41) is 11.3. The Labute approximate surface area is 196 Å². The second-order valence-electron chi connectivity index (χ2n) is 8.00. The number of pyridine rings is 1. The molecule has 5 rings (SSSR count). The first kappa shape index (κ1) is 22.3. The number of H-pyrrole nitrogens is 1. The number of benzene rings is 3. The minimum Gasteiger partial charge on any atom is -0.322 e. The van der Waals surface area contributed by atoms with E-state index < -0.39 is 23.2 Å². The summed E-state index contributed by atoms with van der Waals surface area (Å²) in [5.74, 6) is -0.592. The van der Waals surface area contributed by atoms with Crippen LogP contribution in [-0.4, -0.2) is 21.1 Å². The fourth-order valence-electron chi connectivity index (χ4n) is 3.86. The summed E-state index contributed by atoms with van der Waals surface area (Å²) in [4.78, 5) is 29.4. The van der Waals surface area contributed by atoms with Gasteiger partial charge in [-0.1, -0.05) is 24.3 Å². The second-order valence-corrected chi connectivity index (χ2v) is 8.00. The number of anilines is 1. The van der Waals surface area contributed by atoms with Crippen molar-refractivity contribution in [2.75, 3.05) is 5.32 Å². The van der Waals surface area contributed by atoms with Crippen molar-refractivity contribution < 1.29 is 18.0 Å². The SMILES string of the molecule is O=C(Nc1ccc2c(Cc3cnc4ccccc4c3)n[nH]c(=O)c2c1)c1ccc(C(F)(F)F)cc1. The van der Waals surface area contributed by atoms with E-state index in [-0.39, 0.29) is 5.56 Å². The Bertz CT molecular complexity index is 1630. The Morgan fingerprint density at radius 1 is 0.943 bits per heavy atom. The molecule has 2 N–H and O–H groups in total. The Kier molecular flexibility index (Phi) is 5.52. The summed E-state index contributed by atoms with van der Waals surface area (Å²) in [6.45, 7) is 0. The maximum absolute atomic E-state index is 12.8. The molecule has 6 nitrogen and oxygen atoms in total. The lowest BCUT2D eigenvalue weighted by Crippen LogP contribution is -2.15. The van der Waals surface area contributed by atoms with Crippen LogP contribution in [-0.2, 0) is 12.6 Å². The lowest BCUT2D eigenvalue weighted by Gasteiger charge is -2.10. The Morgan fingerprint density at radius 3 is 2.49 bits per heavy atom. The van der Waals surface area contributed by atoms with Crippen LogP contribution in [0.4, 0.5) is 18.9 Å². The van der Waals surface area contributed by atoms with Gasteiger partial charge >= 0.3 is 6.18 Å². The summed E-state index contributed by atoms with van der Waals surface area (Å²) in [6, 6.07) is 18.5. The number of rotatable bonds is 4. The van der Waals surface area contributed by atoms with Crippen molar-refractivity contribution in [3.63, 3.8) is 0 Å². The molecule has 0 aliphatic rings. The van der Waals surface area contributed by atoms with E-state index in [1.807, 2.05) is 30.3 Å². The molecule has 1 amide bonds. The van der Waals surface area contributed by atoms with Crippen LogP contribution in [0, 0.1) is 0 Å². The van der Waals surface area contributed by atoms with Crippen molar-refractivity contribution in [3.05, 3.63) is 112 Å². The Balaban J connectivity index is 1.41. The van der Waals surface area contributed by atoms with E-state index in [0.717, 1.165) is 40.7 Å². The zero-order valence-corrected chi connectivity index (χ0v) is 18.1. The van der Waals surface area contributed by atoms with E-state index in [1.54, 1.807) is 18.3 Å². The molecule has 174 valence electrons. The number of nitrogens with zero attached hydrogens (tertiary/aromatic N) is 2. The Morgan fingerprint density at radius 2 is 1.71 bits per heavy atom. The number of carbonyl (C=O) groups is 1. The van der Waals surface area contributed by atoms with E-state index in [0.29, 0.717) is 28.6 Å². The van der Waals surface area contributed by atoms with Gasteiger partial charge in [-0.2, -0.15) is 18.3 Å². The molecule has 2 aromatic heterocycles. The van der Waals surface area contributed by atoms with Crippen molar-refractivity contribution in [2.24, 2.45) is 0 Å². The fraction of sp³-hybridized carbons (Fsp3) is 0.0769. The third-order valence-corrected chi connectivity index (χ3v) is 5.62. The summed E-state index contributed by atoms with van der Waals surface area (Å²) in [7, 11) is 0. The quantitative estimate of drug-likeness (QED) is 0.368. The van der Waals surface area contributed by atoms with Crippen molar-refractivity contribution >= 4 is 33.3 Å². The molecule has 2 heterocycles. The number of fused-ring (bicyclic) bond motifs is 2. The molecule has 35 heavy (non-hydrogen) atoms. The molecule has 0 unspecified atom stereocenters. The average Bonchev–Trinajstić information content (AvgIpc) is 2.85. The molecule has 0 spiro atoms. The normalized spacial score (nSPS) is 11.6. The first-order chi connectivity index (χ1) is 16.8. The van der Waals surface area contributed by atoms with Crippen LogP contribution in [0.25, 0.3) is 21.7 Å². The molecule has 0 aliphatic heterocycles. The lowest BCUT2D eigenvalue weighted by molar-refractivity contribution is -0.137. The van der Waals surface area contributed by atoms with Gasteiger partial charge in [0.05, 0.1) is 22.2 Å². The summed E-state index contributed by atoms with van der Waals surface area (Å²) < 4.78 is 38.3. The van der Waals surface area contributed by atoms with Crippen molar-refractivity contribution in [1.29, 1.82) is 0 Å². The van der Waals surface area contributed by atoms with Gasteiger partial charge in [-0.05, 0) is 54.1 Å². The van der Waals surface area contributed by atoms with E-state index in [1.165, 1.54) is 6.07 Å². The zero-order valence-electron chi connectivity index (χ0n) is 18.1. The number of para-hydroxylation sites is 1. The van der Waals surface area contributed by atoms with Gasteiger partial charge in [0, 0.05) is 34.6 Å². The van der Waals surface area contributed by atoms with Gasteiger partial charge in [0.2, 0.25) is 0 Å². The third kappa shape index (κ3) is 4.61. The van der Waals surface area contributed by atoms with Gasteiger partial charge in [0.25, 0.3) is 11.5 Å². The van der Waals surface area contributed by atoms with Crippen LogP contribution in [0.1, 0.15) is 27.2 Å².